The maximum Gasteiger partial charge on any atom is 0.308 e. The predicted molar refractivity (Wildman–Crippen MR) is 97.0 cm³/mol. The summed E-state index contributed by atoms with van der Waals surface area (Å²) in [5.41, 5.74) is 1.26. The van der Waals surface area contributed by atoms with Crippen molar-refractivity contribution in [3.05, 3.63) is 52.0 Å². The average Bonchev–Trinajstić information content (AvgIpc) is 3.22. The molecule has 2 aromatic rings. The molecule has 2 atom stereocenters. The molecular formula is C19H22N2O3S. The molecule has 0 bridgehead atoms. The number of amides is 1. The fraction of sp³-hybridized carbons (Fsp3) is 0.421. The molecule has 0 aliphatic carbocycles. The molecule has 3 rings (SSSR count). The van der Waals surface area contributed by atoms with Crippen LogP contribution in [0.3, 0.4) is 0 Å². The molecule has 1 fully saturated rings. The number of carboxylic acid groups (broad SMARTS) is 1. The summed E-state index contributed by atoms with van der Waals surface area (Å²) in [5, 5.41) is 12.3. The third kappa shape index (κ3) is 3.58. The van der Waals surface area contributed by atoms with Gasteiger partial charge in [-0.1, -0.05) is 51.1 Å². The van der Waals surface area contributed by atoms with Gasteiger partial charge in [0.05, 0.1) is 10.9 Å². The van der Waals surface area contributed by atoms with E-state index in [1.54, 1.807) is 10.3 Å². The Bertz CT molecular complexity index is 779. The van der Waals surface area contributed by atoms with Crippen LogP contribution in [0.4, 0.5) is 0 Å². The molecule has 1 N–H and O–H groups in total. The summed E-state index contributed by atoms with van der Waals surface area (Å²) < 4.78 is 0. The zero-order chi connectivity index (χ0) is 18.2. The first-order valence-corrected chi connectivity index (χ1v) is 9.18. The molecule has 1 saturated heterocycles. The fourth-order valence-electron chi connectivity index (χ4n) is 3.14. The lowest BCUT2D eigenvalue weighted by Crippen LogP contribution is -2.30. The monoisotopic (exact) mass is 358 g/mol. The second-order valence-corrected chi connectivity index (χ2v) is 8.32. The van der Waals surface area contributed by atoms with Gasteiger partial charge in [-0.05, 0) is 5.56 Å². The Kier molecular flexibility index (Phi) is 4.64. The molecule has 6 heteroatoms. The molecule has 0 spiro atoms. The summed E-state index contributed by atoms with van der Waals surface area (Å²) in [6.07, 6.45) is 0. The molecule has 1 aromatic carbocycles. The maximum absolute atomic E-state index is 12.8. The van der Waals surface area contributed by atoms with Gasteiger partial charge in [-0.25, -0.2) is 4.98 Å². The number of nitrogens with zero attached hydrogens (tertiary/aromatic N) is 2. The van der Waals surface area contributed by atoms with Crippen molar-refractivity contribution in [2.24, 2.45) is 5.92 Å². The number of hydrogen-bond donors (Lipinski definition) is 1. The van der Waals surface area contributed by atoms with Crippen molar-refractivity contribution in [2.75, 3.05) is 13.1 Å². The lowest BCUT2D eigenvalue weighted by atomic mass is 9.89. The first kappa shape index (κ1) is 17.6. The van der Waals surface area contributed by atoms with E-state index in [1.165, 1.54) is 11.3 Å². The van der Waals surface area contributed by atoms with Crippen LogP contribution < -0.4 is 0 Å². The van der Waals surface area contributed by atoms with Crippen molar-refractivity contribution in [3.8, 4) is 0 Å². The van der Waals surface area contributed by atoms with Gasteiger partial charge in [0.25, 0.3) is 5.91 Å². The number of thiazole rings is 1. The number of aromatic nitrogens is 1. The highest BCUT2D eigenvalue weighted by Gasteiger charge is 2.41. The molecule has 0 radical (unpaired) electrons. The van der Waals surface area contributed by atoms with Crippen LogP contribution in [0.1, 0.15) is 47.7 Å². The zero-order valence-electron chi connectivity index (χ0n) is 14.6. The first-order valence-electron chi connectivity index (χ1n) is 8.30. The Balaban J connectivity index is 1.82. The van der Waals surface area contributed by atoms with E-state index < -0.39 is 11.9 Å². The smallest absolute Gasteiger partial charge is 0.308 e. The van der Waals surface area contributed by atoms with Crippen LogP contribution in [0, 0.1) is 5.92 Å². The van der Waals surface area contributed by atoms with E-state index in [9.17, 15) is 14.7 Å². The molecule has 1 aliphatic heterocycles. The highest BCUT2D eigenvalue weighted by molar-refractivity contribution is 7.10. The molecule has 5 nitrogen and oxygen atoms in total. The molecule has 1 amide bonds. The van der Waals surface area contributed by atoms with Crippen LogP contribution in [0.2, 0.25) is 0 Å². The number of likely N-dealkylation sites (tertiary alicyclic amines) is 1. The molecule has 1 aromatic heterocycles. The fourth-order valence-corrected chi connectivity index (χ4v) is 4.02. The minimum Gasteiger partial charge on any atom is -0.481 e. The van der Waals surface area contributed by atoms with Crippen LogP contribution in [0.15, 0.2) is 35.7 Å². The SMILES string of the molecule is CC(C)(C)c1nc(C(=O)N2C[C@H](C(=O)O)[C@H](c3ccccc3)C2)cs1. The van der Waals surface area contributed by atoms with E-state index >= 15 is 0 Å². The summed E-state index contributed by atoms with van der Waals surface area (Å²) in [4.78, 5) is 30.6. The minimum atomic E-state index is -0.863. The van der Waals surface area contributed by atoms with Gasteiger partial charge in [0, 0.05) is 29.8 Å². The molecule has 132 valence electrons. The Morgan fingerprint density at radius 2 is 1.88 bits per heavy atom. The molecule has 25 heavy (non-hydrogen) atoms. The van der Waals surface area contributed by atoms with Gasteiger partial charge in [-0.15, -0.1) is 11.3 Å². The topological polar surface area (TPSA) is 70.5 Å². The number of carbonyl (C=O) groups is 2. The number of hydrogen-bond acceptors (Lipinski definition) is 4. The summed E-state index contributed by atoms with van der Waals surface area (Å²) in [5.74, 6) is -1.83. The van der Waals surface area contributed by atoms with E-state index in [2.05, 4.69) is 25.8 Å². The van der Waals surface area contributed by atoms with E-state index in [0.717, 1.165) is 10.6 Å². The number of rotatable bonds is 3. The first-order chi connectivity index (χ1) is 11.8. The number of carboxylic acids is 1. The van der Waals surface area contributed by atoms with Crippen LogP contribution in [0.25, 0.3) is 0 Å². The molecule has 0 unspecified atom stereocenters. The summed E-state index contributed by atoms with van der Waals surface area (Å²) in [6.45, 7) is 6.80. The van der Waals surface area contributed by atoms with Gasteiger partial charge >= 0.3 is 5.97 Å². The van der Waals surface area contributed by atoms with Crippen molar-refractivity contribution in [2.45, 2.75) is 32.1 Å². The van der Waals surface area contributed by atoms with Crippen molar-refractivity contribution in [3.63, 3.8) is 0 Å². The Hall–Kier alpha value is -2.21. The second-order valence-electron chi connectivity index (χ2n) is 7.46. The number of benzene rings is 1. The molecule has 2 heterocycles. The highest BCUT2D eigenvalue weighted by Crippen LogP contribution is 2.34. The van der Waals surface area contributed by atoms with E-state index in [0.29, 0.717) is 12.2 Å². The number of aliphatic carboxylic acids is 1. The minimum absolute atomic E-state index is 0.107. The van der Waals surface area contributed by atoms with E-state index in [-0.39, 0.29) is 23.8 Å². The second kappa shape index (κ2) is 6.59. The van der Waals surface area contributed by atoms with E-state index in [1.807, 2.05) is 30.3 Å². The van der Waals surface area contributed by atoms with Crippen LogP contribution in [-0.2, 0) is 10.2 Å². The number of carbonyl (C=O) groups excluding carboxylic acids is 1. The highest BCUT2D eigenvalue weighted by atomic mass is 32.1. The Morgan fingerprint density at radius 1 is 1.20 bits per heavy atom. The summed E-state index contributed by atoms with van der Waals surface area (Å²) in [6, 6.07) is 9.55. The quantitative estimate of drug-likeness (QED) is 0.913. The Labute approximate surface area is 151 Å². The largest absolute Gasteiger partial charge is 0.481 e. The third-order valence-electron chi connectivity index (χ3n) is 4.52. The van der Waals surface area contributed by atoms with Gasteiger partial charge in [0.15, 0.2) is 0 Å². The van der Waals surface area contributed by atoms with Gasteiger partial charge in [-0.3, -0.25) is 9.59 Å². The maximum atomic E-state index is 12.8. The average molecular weight is 358 g/mol. The molecule has 0 saturated carbocycles. The lowest BCUT2D eigenvalue weighted by molar-refractivity contribution is -0.141. The van der Waals surface area contributed by atoms with Crippen molar-refractivity contribution in [1.29, 1.82) is 0 Å². The lowest BCUT2D eigenvalue weighted by Gasteiger charge is -2.16. The van der Waals surface area contributed by atoms with Crippen LogP contribution in [0.5, 0.6) is 0 Å². The standard InChI is InChI=1S/C19H22N2O3S/c1-19(2,3)18-20-15(11-25-18)16(22)21-9-13(14(10-21)17(23)24)12-7-5-4-6-8-12/h4-8,11,13-14H,9-10H2,1-3H3,(H,23,24)/t13-,14-/m0/s1. The third-order valence-corrected chi connectivity index (χ3v) is 5.78. The van der Waals surface area contributed by atoms with Crippen molar-refractivity contribution < 1.29 is 14.7 Å². The summed E-state index contributed by atoms with van der Waals surface area (Å²) >= 11 is 1.47. The normalized spacial score (nSPS) is 20.7. The van der Waals surface area contributed by atoms with E-state index in [4.69, 9.17) is 0 Å². The van der Waals surface area contributed by atoms with Crippen molar-refractivity contribution in [1.82, 2.24) is 9.88 Å². The zero-order valence-corrected chi connectivity index (χ0v) is 15.4. The van der Waals surface area contributed by atoms with Gasteiger partial charge in [0.2, 0.25) is 0 Å². The van der Waals surface area contributed by atoms with Gasteiger partial charge in [0.1, 0.15) is 5.69 Å². The van der Waals surface area contributed by atoms with Crippen LogP contribution >= 0.6 is 11.3 Å². The van der Waals surface area contributed by atoms with Crippen LogP contribution in [-0.4, -0.2) is 40.0 Å². The van der Waals surface area contributed by atoms with Gasteiger partial charge in [-0.2, -0.15) is 0 Å². The molecular weight excluding hydrogens is 336 g/mol. The summed E-state index contributed by atoms with van der Waals surface area (Å²) in [7, 11) is 0. The Morgan fingerprint density at radius 3 is 2.44 bits per heavy atom. The molecule has 1 aliphatic rings. The van der Waals surface area contributed by atoms with Gasteiger partial charge < -0.3 is 10.0 Å². The predicted octanol–water partition coefficient (Wildman–Crippen LogP) is 3.38. The van der Waals surface area contributed by atoms with Crippen molar-refractivity contribution >= 4 is 23.2 Å².